The average Bonchev–Trinajstić information content (AvgIpc) is 3.30. The van der Waals surface area contributed by atoms with Gasteiger partial charge in [0.2, 0.25) is 0 Å². The number of aromatic nitrogens is 2. The summed E-state index contributed by atoms with van der Waals surface area (Å²) < 4.78 is 12.0. The van der Waals surface area contributed by atoms with Crippen LogP contribution in [0, 0.1) is 0 Å². The largest absolute Gasteiger partial charge is 0.425 e. The van der Waals surface area contributed by atoms with E-state index in [0.29, 0.717) is 5.78 Å². The summed E-state index contributed by atoms with van der Waals surface area (Å²) in [5, 5.41) is 3.08. The van der Waals surface area contributed by atoms with Crippen molar-refractivity contribution in [2.45, 2.75) is 0 Å². The first kappa shape index (κ1) is 15.2. The average molecular weight is 362 g/mol. The Balaban J connectivity index is 1.53. The van der Waals surface area contributed by atoms with Crippen LogP contribution in [0.5, 0.6) is 0 Å². The molecular formula is C24H14N2O2. The maximum Gasteiger partial charge on any atom is 0.299 e. The number of nitrogens with zero attached hydrogens (tertiary/aromatic N) is 2. The van der Waals surface area contributed by atoms with Crippen molar-refractivity contribution in [3.8, 4) is 22.5 Å². The van der Waals surface area contributed by atoms with E-state index in [1.54, 1.807) is 12.4 Å². The van der Waals surface area contributed by atoms with Gasteiger partial charge in [-0.25, -0.2) is 0 Å². The van der Waals surface area contributed by atoms with Gasteiger partial charge >= 0.3 is 0 Å². The SMILES string of the molecule is c1ccc(-c2cnc(-c3cccc4c3oc3oc5ccccc5c34)cn2)cc1. The second-order valence-corrected chi connectivity index (χ2v) is 6.70. The van der Waals surface area contributed by atoms with Gasteiger partial charge in [0.05, 0.1) is 29.2 Å². The summed E-state index contributed by atoms with van der Waals surface area (Å²) in [6.07, 6.45) is 3.59. The predicted octanol–water partition coefficient (Wildman–Crippen LogP) is 6.46. The van der Waals surface area contributed by atoms with Gasteiger partial charge in [0.1, 0.15) is 11.2 Å². The third-order valence-electron chi connectivity index (χ3n) is 5.04. The van der Waals surface area contributed by atoms with Crippen molar-refractivity contribution in [2.75, 3.05) is 0 Å². The van der Waals surface area contributed by atoms with Gasteiger partial charge in [-0.05, 0) is 12.1 Å². The minimum atomic E-state index is 0.539. The third-order valence-corrected chi connectivity index (χ3v) is 5.04. The molecule has 0 aliphatic rings. The molecule has 0 saturated heterocycles. The Bertz CT molecular complexity index is 1440. The molecule has 132 valence electrons. The molecule has 0 bridgehead atoms. The molecule has 0 aliphatic heterocycles. The van der Waals surface area contributed by atoms with E-state index >= 15 is 0 Å². The lowest BCUT2D eigenvalue weighted by molar-refractivity contribution is 0.525. The molecule has 4 nitrogen and oxygen atoms in total. The number of rotatable bonds is 2. The van der Waals surface area contributed by atoms with Gasteiger partial charge in [-0.1, -0.05) is 60.7 Å². The Hall–Kier alpha value is -3.92. The zero-order valence-electron chi connectivity index (χ0n) is 14.8. The lowest BCUT2D eigenvalue weighted by atomic mass is 10.1. The van der Waals surface area contributed by atoms with E-state index in [1.807, 2.05) is 60.7 Å². The fourth-order valence-corrected chi connectivity index (χ4v) is 3.71. The van der Waals surface area contributed by atoms with Crippen LogP contribution in [-0.4, -0.2) is 9.97 Å². The minimum absolute atomic E-state index is 0.539. The van der Waals surface area contributed by atoms with Gasteiger partial charge in [-0.15, -0.1) is 0 Å². The fraction of sp³-hybridized carbons (Fsp3) is 0. The van der Waals surface area contributed by atoms with E-state index in [-0.39, 0.29) is 0 Å². The normalized spacial score (nSPS) is 11.6. The Morgan fingerprint density at radius 1 is 0.607 bits per heavy atom. The second-order valence-electron chi connectivity index (χ2n) is 6.70. The Kier molecular flexibility index (Phi) is 3.14. The molecule has 0 amide bonds. The number of benzene rings is 3. The standard InChI is InChI=1S/C24H14N2O2/c1-2-7-15(8-3-1)19-13-26-20(14-25-19)16-10-6-11-18-22-17-9-4-5-12-21(17)27-24(22)28-23(16)18/h1-14H. The van der Waals surface area contributed by atoms with E-state index in [9.17, 15) is 0 Å². The van der Waals surface area contributed by atoms with Crippen molar-refractivity contribution in [3.05, 3.63) is 85.2 Å². The number of furan rings is 2. The highest BCUT2D eigenvalue weighted by Crippen LogP contribution is 2.40. The van der Waals surface area contributed by atoms with Crippen molar-refractivity contribution in [1.29, 1.82) is 0 Å². The molecule has 4 heteroatoms. The molecule has 6 aromatic rings. The summed E-state index contributed by atoms with van der Waals surface area (Å²) in [7, 11) is 0. The number of hydrogen-bond donors (Lipinski definition) is 0. The molecule has 0 unspecified atom stereocenters. The highest BCUT2D eigenvalue weighted by Gasteiger charge is 2.18. The van der Waals surface area contributed by atoms with E-state index in [2.05, 4.69) is 22.1 Å². The highest BCUT2D eigenvalue weighted by molar-refractivity contribution is 6.19. The molecule has 0 radical (unpaired) electrons. The molecule has 0 aliphatic carbocycles. The monoisotopic (exact) mass is 362 g/mol. The molecular weight excluding hydrogens is 348 g/mol. The molecule has 0 N–H and O–H groups in total. The van der Waals surface area contributed by atoms with Gasteiger partial charge in [0, 0.05) is 21.9 Å². The van der Waals surface area contributed by atoms with Gasteiger partial charge in [0.25, 0.3) is 5.78 Å². The fourth-order valence-electron chi connectivity index (χ4n) is 3.71. The summed E-state index contributed by atoms with van der Waals surface area (Å²) in [4.78, 5) is 9.24. The maximum atomic E-state index is 6.10. The van der Waals surface area contributed by atoms with Gasteiger partial charge in [-0.2, -0.15) is 0 Å². The first-order valence-corrected chi connectivity index (χ1v) is 9.09. The lowest BCUT2D eigenvalue weighted by Gasteiger charge is -2.04. The first-order valence-electron chi connectivity index (χ1n) is 9.09. The smallest absolute Gasteiger partial charge is 0.299 e. The van der Waals surface area contributed by atoms with Gasteiger partial charge < -0.3 is 8.83 Å². The van der Waals surface area contributed by atoms with Crippen LogP contribution < -0.4 is 0 Å². The van der Waals surface area contributed by atoms with Crippen LogP contribution in [-0.2, 0) is 0 Å². The summed E-state index contributed by atoms with van der Waals surface area (Å²) in [6, 6.07) is 24.1. The molecule has 28 heavy (non-hydrogen) atoms. The zero-order valence-corrected chi connectivity index (χ0v) is 14.8. The lowest BCUT2D eigenvalue weighted by Crippen LogP contribution is -1.89. The van der Waals surface area contributed by atoms with Crippen LogP contribution in [0.15, 0.2) is 94.0 Å². The second kappa shape index (κ2) is 5.79. The van der Waals surface area contributed by atoms with Crippen LogP contribution in [0.3, 0.4) is 0 Å². The first-order chi connectivity index (χ1) is 13.9. The molecule has 0 saturated carbocycles. The number of fused-ring (bicyclic) bond motifs is 5. The molecule has 0 spiro atoms. The van der Waals surface area contributed by atoms with Crippen molar-refractivity contribution in [2.24, 2.45) is 0 Å². The van der Waals surface area contributed by atoms with Crippen LogP contribution in [0.2, 0.25) is 0 Å². The Labute approximate surface area is 160 Å². The van der Waals surface area contributed by atoms with Crippen molar-refractivity contribution < 1.29 is 8.83 Å². The van der Waals surface area contributed by atoms with E-state index < -0.39 is 0 Å². The topological polar surface area (TPSA) is 52.1 Å². The predicted molar refractivity (Wildman–Crippen MR) is 110 cm³/mol. The van der Waals surface area contributed by atoms with Crippen molar-refractivity contribution in [3.63, 3.8) is 0 Å². The van der Waals surface area contributed by atoms with Crippen molar-refractivity contribution in [1.82, 2.24) is 9.97 Å². The molecule has 3 heterocycles. The molecule has 0 atom stereocenters. The van der Waals surface area contributed by atoms with Gasteiger partial charge in [0.15, 0.2) is 0 Å². The summed E-state index contributed by atoms with van der Waals surface area (Å²) in [5.74, 6) is 0.539. The van der Waals surface area contributed by atoms with E-state index in [4.69, 9.17) is 8.83 Å². The van der Waals surface area contributed by atoms with E-state index in [1.165, 1.54) is 0 Å². The quantitative estimate of drug-likeness (QED) is 0.355. The van der Waals surface area contributed by atoms with Crippen LogP contribution >= 0.6 is 0 Å². The number of hydrogen-bond acceptors (Lipinski definition) is 4. The molecule has 0 fully saturated rings. The van der Waals surface area contributed by atoms with Crippen LogP contribution in [0.4, 0.5) is 0 Å². The van der Waals surface area contributed by atoms with Gasteiger partial charge in [-0.3, -0.25) is 9.97 Å². The van der Waals surface area contributed by atoms with E-state index in [0.717, 1.165) is 49.8 Å². The molecule has 6 rings (SSSR count). The maximum absolute atomic E-state index is 6.10. The summed E-state index contributed by atoms with van der Waals surface area (Å²) in [6.45, 7) is 0. The zero-order chi connectivity index (χ0) is 18.5. The van der Waals surface area contributed by atoms with Crippen LogP contribution in [0.25, 0.3) is 55.6 Å². The number of para-hydroxylation sites is 2. The Morgan fingerprint density at radius 2 is 1.36 bits per heavy atom. The summed E-state index contributed by atoms with van der Waals surface area (Å²) >= 11 is 0. The third kappa shape index (κ3) is 2.18. The Morgan fingerprint density at radius 3 is 2.21 bits per heavy atom. The van der Waals surface area contributed by atoms with Crippen LogP contribution in [0.1, 0.15) is 0 Å². The molecule has 3 aromatic carbocycles. The summed E-state index contributed by atoms with van der Waals surface area (Å²) in [5.41, 5.74) is 5.16. The molecule has 3 aromatic heterocycles. The van der Waals surface area contributed by atoms with Crippen molar-refractivity contribution >= 4 is 33.1 Å². The highest BCUT2D eigenvalue weighted by atomic mass is 16.5. The minimum Gasteiger partial charge on any atom is -0.425 e.